The second kappa shape index (κ2) is 8.60. The second-order valence-corrected chi connectivity index (χ2v) is 5.24. The SMILES string of the molecule is CC(=O)N[C@@H]1[C@@H](OC(C)=O)[C@@H](O)O[C@H](COC(C)=O)[C@H]1OC(C)=O. The first-order valence-electron chi connectivity index (χ1n) is 7.20. The summed E-state index contributed by atoms with van der Waals surface area (Å²) >= 11 is 0. The fourth-order valence-corrected chi connectivity index (χ4v) is 2.33. The number of carbonyl (C=O) groups excluding carboxylic acids is 4. The van der Waals surface area contributed by atoms with Crippen molar-refractivity contribution in [3.63, 3.8) is 0 Å². The number of nitrogens with one attached hydrogen (secondary N) is 1. The van der Waals surface area contributed by atoms with Gasteiger partial charge in [0.1, 0.15) is 18.8 Å². The summed E-state index contributed by atoms with van der Waals surface area (Å²) in [5, 5.41) is 12.5. The standard InChI is InChI=1S/C14H21NO9/c1-6(16)15-11-12(22-8(3)18)10(5-21-7(2)17)24-14(20)13(11)23-9(4)19/h10-14,20H,5H2,1-4H3,(H,15,16)/t10-,11+,12-,13-,14+/m1/s1. The Hall–Kier alpha value is -2.20. The van der Waals surface area contributed by atoms with Crippen molar-refractivity contribution in [2.75, 3.05) is 6.61 Å². The summed E-state index contributed by atoms with van der Waals surface area (Å²) in [7, 11) is 0. The van der Waals surface area contributed by atoms with Crippen molar-refractivity contribution in [3.8, 4) is 0 Å². The van der Waals surface area contributed by atoms with Crippen LogP contribution < -0.4 is 5.32 Å². The summed E-state index contributed by atoms with van der Waals surface area (Å²) in [5.74, 6) is -2.52. The average molecular weight is 347 g/mol. The van der Waals surface area contributed by atoms with Crippen LogP contribution in [0.2, 0.25) is 0 Å². The predicted octanol–water partition coefficient (Wildman–Crippen LogP) is -1.37. The number of hydrogen-bond acceptors (Lipinski definition) is 9. The lowest BCUT2D eigenvalue weighted by atomic mass is 9.95. The van der Waals surface area contributed by atoms with Gasteiger partial charge in [0.15, 0.2) is 18.5 Å². The van der Waals surface area contributed by atoms with E-state index in [1.807, 2.05) is 0 Å². The third-order valence-electron chi connectivity index (χ3n) is 3.09. The van der Waals surface area contributed by atoms with Gasteiger partial charge >= 0.3 is 17.9 Å². The Balaban J connectivity index is 3.11. The predicted molar refractivity (Wildman–Crippen MR) is 76.2 cm³/mol. The van der Waals surface area contributed by atoms with Crippen LogP contribution in [0.5, 0.6) is 0 Å². The van der Waals surface area contributed by atoms with E-state index in [4.69, 9.17) is 18.9 Å². The molecule has 1 aliphatic heterocycles. The minimum atomic E-state index is -1.61. The summed E-state index contributed by atoms with van der Waals surface area (Å²) in [4.78, 5) is 45.0. The molecule has 1 saturated heterocycles. The number of ether oxygens (including phenoxy) is 4. The van der Waals surface area contributed by atoms with E-state index in [1.165, 1.54) is 13.8 Å². The first-order valence-corrected chi connectivity index (χ1v) is 7.20. The van der Waals surface area contributed by atoms with E-state index >= 15 is 0 Å². The minimum absolute atomic E-state index is 0.326. The first kappa shape index (κ1) is 19.8. The van der Waals surface area contributed by atoms with Gasteiger partial charge in [-0.1, -0.05) is 0 Å². The zero-order chi connectivity index (χ0) is 18.4. The van der Waals surface area contributed by atoms with Crippen LogP contribution in [-0.4, -0.2) is 66.2 Å². The average Bonchev–Trinajstić information content (AvgIpc) is 2.42. The van der Waals surface area contributed by atoms with Crippen LogP contribution in [0.3, 0.4) is 0 Å². The van der Waals surface area contributed by atoms with Gasteiger partial charge in [-0.05, 0) is 0 Å². The smallest absolute Gasteiger partial charge is 0.303 e. The van der Waals surface area contributed by atoms with Gasteiger partial charge in [-0.25, -0.2) is 0 Å². The maximum absolute atomic E-state index is 11.5. The number of rotatable bonds is 5. The maximum atomic E-state index is 11.5. The third-order valence-corrected chi connectivity index (χ3v) is 3.09. The quantitative estimate of drug-likeness (QED) is 0.456. The molecule has 0 aromatic rings. The fraction of sp³-hybridized carbons (Fsp3) is 0.714. The number of carbonyl (C=O) groups is 4. The number of amides is 1. The van der Waals surface area contributed by atoms with Crippen LogP contribution >= 0.6 is 0 Å². The van der Waals surface area contributed by atoms with Gasteiger partial charge in [-0.3, -0.25) is 19.2 Å². The van der Waals surface area contributed by atoms with Crippen LogP contribution in [0.15, 0.2) is 0 Å². The van der Waals surface area contributed by atoms with Crippen LogP contribution in [0.4, 0.5) is 0 Å². The molecule has 1 fully saturated rings. The molecular formula is C14H21NO9. The van der Waals surface area contributed by atoms with Crippen molar-refractivity contribution in [3.05, 3.63) is 0 Å². The second-order valence-electron chi connectivity index (χ2n) is 5.24. The van der Waals surface area contributed by atoms with Gasteiger partial charge in [0, 0.05) is 27.7 Å². The molecule has 1 amide bonds. The molecule has 24 heavy (non-hydrogen) atoms. The molecule has 0 spiro atoms. The minimum Gasteiger partial charge on any atom is -0.463 e. The highest BCUT2D eigenvalue weighted by molar-refractivity contribution is 5.74. The van der Waals surface area contributed by atoms with E-state index in [-0.39, 0.29) is 6.61 Å². The van der Waals surface area contributed by atoms with Crippen molar-refractivity contribution in [1.82, 2.24) is 5.32 Å². The lowest BCUT2D eigenvalue weighted by Crippen LogP contribution is -2.66. The highest BCUT2D eigenvalue weighted by Crippen LogP contribution is 2.25. The van der Waals surface area contributed by atoms with Crippen LogP contribution in [0.1, 0.15) is 27.7 Å². The molecule has 1 aliphatic rings. The topological polar surface area (TPSA) is 137 Å². The molecule has 2 N–H and O–H groups in total. The first-order chi connectivity index (χ1) is 11.1. The number of hydrogen-bond donors (Lipinski definition) is 2. The Morgan fingerprint density at radius 2 is 1.50 bits per heavy atom. The molecular weight excluding hydrogens is 326 g/mol. The summed E-state index contributed by atoms with van der Waals surface area (Å²) in [6.07, 6.45) is -5.11. The molecule has 0 radical (unpaired) electrons. The molecule has 0 bridgehead atoms. The molecule has 1 rings (SSSR count). The van der Waals surface area contributed by atoms with E-state index in [9.17, 15) is 24.3 Å². The lowest BCUT2D eigenvalue weighted by molar-refractivity contribution is -0.271. The maximum Gasteiger partial charge on any atom is 0.303 e. The summed E-state index contributed by atoms with van der Waals surface area (Å²) < 4.78 is 20.2. The van der Waals surface area contributed by atoms with Crippen molar-refractivity contribution >= 4 is 23.8 Å². The van der Waals surface area contributed by atoms with E-state index < -0.39 is 54.5 Å². The molecule has 5 atom stereocenters. The van der Waals surface area contributed by atoms with E-state index in [0.29, 0.717) is 0 Å². The summed E-state index contributed by atoms with van der Waals surface area (Å²) in [5.41, 5.74) is 0. The van der Waals surface area contributed by atoms with E-state index in [0.717, 1.165) is 13.8 Å². The van der Waals surface area contributed by atoms with E-state index in [2.05, 4.69) is 5.32 Å². The van der Waals surface area contributed by atoms with Crippen molar-refractivity contribution in [1.29, 1.82) is 0 Å². The van der Waals surface area contributed by atoms with Crippen molar-refractivity contribution < 1.29 is 43.2 Å². The van der Waals surface area contributed by atoms with Crippen LogP contribution in [0, 0.1) is 0 Å². The van der Waals surface area contributed by atoms with Crippen LogP contribution in [-0.2, 0) is 38.1 Å². The molecule has 0 saturated carbocycles. The number of esters is 3. The van der Waals surface area contributed by atoms with Gasteiger partial charge in [-0.2, -0.15) is 0 Å². The third kappa shape index (κ3) is 5.78. The number of aliphatic hydroxyl groups is 1. The lowest BCUT2D eigenvalue weighted by Gasteiger charge is -2.43. The number of aliphatic hydroxyl groups excluding tert-OH is 1. The monoisotopic (exact) mass is 347 g/mol. The van der Waals surface area contributed by atoms with Crippen LogP contribution in [0.25, 0.3) is 0 Å². The highest BCUT2D eigenvalue weighted by atomic mass is 16.7. The Bertz CT molecular complexity index is 506. The molecule has 0 aliphatic carbocycles. The molecule has 10 heteroatoms. The van der Waals surface area contributed by atoms with Gasteiger partial charge in [0.25, 0.3) is 0 Å². The summed E-state index contributed by atoms with van der Waals surface area (Å²) in [6, 6.07) is -1.08. The zero-order valence-electron chi connectivity index (χ0n) is 13.8. The van der Waals surface area contributed by atoms with Gasteiger partial charge < -0.3 is 29.4 Å². The van der Waals surface area contributed by atoms with Crippen molar-refractivity contribution in [2.24, 2.45) is 0 Å². The molecule has 1 heterocycles. The Morgan fingerprint density at radius 3 is 1.96 bits per heavy atom. The normalized spacial score (nSPS) is 29.3. The molecule has 136 valence electrons. The molecule has 10 nitrogen and oxygen atoms in total. The highest BCUT2D eigenvalue weighted by Gasteiger charge is 2.50. The van der Waals surface area contributed by atoms with Gasteiger partial charge in [0.05, 0.1) is 0 Å². The molecule has 0 unspecified atom stereocenters. The largest absolute Gasteiger partial charge is 0.463 e. The molecule has 0 aromatic heterocycles. The van der Waals surface area contributed by atoms with Gasteiger partial charge in [0.2, 0.25) is 5.91 Å². The Morgan fingerprint density at radius 1 is 0.958 bits per heavy atom. The molecule has 0 aromatic carbocycles. The Labute approximate surface area is 138 Å². The Kier molecular flexibility index (Phi) is 7.11. The van der Waals surface area contributed by atoms with E-state index in [1.54, 1.807) is 0 Å². The van der Waals surface area contributed by atoms with Gasteiger partial charge in [-0.15, -0.1) is 0 Å². The summed E-state index contributed by atoms with van der Waals surface area (Å²) in [6.45, 7) is 4.31. The zero-order valence-corrected chi connectivity index (χ0v) is 13.8. The van der Waals surface area contributed by atoms with Crippen molar-refractivity contribution in [2.45, 2.75) is 58.3 Å². The fourth-order valence-electron chi connectivity index (χ4n) is 2.33.